The van der Waals surface area contributed by atoms with E-state index in [1.165, 1.54) is 11.3 Å². The first-order chi connectivity index (χ1) is 8.48. The summed E-state index contributed by atoms with van der Waals surface area (Å²) in [6, 6.07) is 3.69. The molecule has 0 unspecified atom stereocenters. The maximum atomic E-state index is 12.0. The third-order valence-corrected chi connectivity index (χ3v) is 4.47. The molecule has 3 nitrogen and oxygen atoms in total. The average Bonchev–Trinajstić information content (AvgIpc) is 2.81. The molecule has 1 aliphatic heterocycles. The van der Waals surface area contributed by atoms with Gasteiger partial charge in [-0.2, -0.15) is 0 Å². The molecule has 4 heteroatoms. The van der Waals surface area contributed by atoms with Crippen LogP contribution in [0.2, 0.25) is 0 Å². The molecule has 18 heavy (non-hydrogen) atoms. The van der Waals surface area contributed by atoms with Gasteiger partial charge >= 0.3 is 0 Å². The van der Waals surface area contributed by atoms with Crippen LogP contribution in [0.5, 0.6) is 0 Å². The van der Waals surface area contributed by atoms with E-state index in [1.807, 2.05) is 17.5 Å². The van der Waals surface area contributed by atoms with Crippen LogP contribution in [-0.2, 0) is 4.79 Å². The molecule has 1 aromatic rings. The number of rotatable bonds is 3. The summed E-state index contributed by atoms with van der Waals surface area (Å²) < 4.78 is 0. The average molecular weight is 265 g/mol. The number of thiophene rings is 1. The molecular weight excluding hydrogens is 246 g/mol. The standard InChI is InChI=1S/C14H19NO2S/c1-14(2)6-5-13(17)15(8-7-14)10-11(16)12-4-3-9-18-12/h3-4,9H,5-8,10H2,1-2H3. The minimum Gasteiger partial charge on any atom is -0.335 e. The van der Waals surface area contributed by atoms with Crippen molar-refractivity contribution in [3.63, 3.8) is 0 Å². The number of hydrogen-bond acceptors (Lipinski definition) is 3. The quantitative estimate of drug-likeness (QED) is 0.788. The van der Waals surface area contributed by atoms with E-state index in [1.54, 1.807) is 4.90 Å². The molecule has 0 aromatic carbocycles. The zero-order chi connectivity index (χ0) is 13.2. The van der Waals surface area contributed by atoms with Crippen LogP contribution in [0.25, 0.3) is 0 Å². The van der Waals surface area contributed by atoms with E-state index < -0.39 is 0 Å². The zero-order valence-electron chi connectivity index (χ0n) is 10.9. The van der Waals surface area contributed by atoms with E-state index in [0.29, 0.717) is 13.0 Å². The predicted molar refractivity (Wildman–Crippen MR) is 72.9 cm³/mol. The van der Waals surface area contributed by atoms with Crippen LogP contribution < -0.4 is 0 Å². The van der Waals surface area contributed by atoms with E-state index in [2.05, 4.69) is 13.8 Å². The van der Waals surface area contributed by atoms with Gasteiger partial charge in [-0.05, 0) is 29.7 Å². The van der Waals surface area contributed by atoms with Crippen molar-refractivity contribution in [1.29, 1.82) is 0 Å². The third kappa shape index (κ3) is 3.19. The minimum absolute atomic E-state index is 0.0538. The summed E-state index contributed by atoms with van der Waals surface area (Å²) in [5.41, 5.74) is 0.205. The van der Waals surface area contributed by atoms with Crippen molar-refractivity contribution in [2.45, 2.75) is 33.1 Å². The molecule has 0 bridgehead atoms. The number of hydrogen-bond donors (Lipinski definition) is 0. The minimum atomic E-state index is 0.0538. The van der Waals surface area contributed by atoms with Gasteiger partial charge < -0.3 is 4.90 Å². The van der Waals surface area contributed by atoms with Gasteiger partial charge in [0.1, 0.15) is 0 Å². The van der Waals surface area contributed by atoms with Crippen LogP contribution in [-0.4, -0.2) is 29.7 Å². The summed E-state index contributed by atoms with van der Waals surface area (Å²) in [5.74, 6) is 0.170. The molecule has 2 rings (SSSR count). The van der Waals surface area contributed by atoms with E-state index >= 15 is 0 Å². The highest BCUT2D eigenvalue weighted by Gasteiger charge is 2.28. The number of carbonyl (C=O) groups is 2. The Bertz CT molecular complexity index is 437. The number of ketones is 1. The fourth-order valence-corrected chi connectivity index (χ4v) is 2.80. The third-order valence-electron chi connectivity index (χ3n) is 3.56. The molecule has 1 amide bonds. The van der Waals surface area contributed by atoms with Crippen molar-refractivity contribution in [2.75, 3.05) is 13.1 Å². The summed E-state index contributed by atoms with van der Waals surface area (Å²) in [6.07, 6.45) is 2.44. The zero-order valence-corrected chi connectivity index (χ0v) is 11.8. The Morgan fingerprint density at radius 2 is 2.22 bits per heavy atom. The van der Waals surface area contributed by atoms with Crippen LogP contribution in [0.4, 0.5) is 0 Å². The highest BCUT2D eigenvalue weighted by Crippen LogP contribution is 2.30. The van der Waals surface area contributed by atoms with Gasteiger partial charge in [0.25, 0.3) is 0 Å². The SMILES string of the molecule is CC1(C)CCC(=O)N(CC(=O)c2cccs2)CC1. The molecule has 0 atom stereocenters. The Morgan fingerprint density at radius 3 is 2.89 bits per heavy atom. The van der Waals surface area contributed by atoms with E-state index in [4.69, 9.17) is 0 Å². The maximum absolute atomic E-state index is 12.0. The highest BCUT2D eigenvalue weighted by molar-refractivity contribution is 7.12. The molecule has 0 saturated carbocycles. The number of likely N-dealkylation sites (tertiary alicyclic amines) is 1. The van der Waals surface area contributed by atoms with Crippen molar-refractivity contribution < 1.29 is 9.59 Å². The fraction of sp³-hybridized carbons (Fsp3) is 0.571. The lowest BCUT2D eigenvalue weighted by atomic mass is 9.85. The molecule has 1 saturated heterocycles. The maximum Gasteiger partial charge on any atom is 0.222 e. The molecule has 0 aliphatic carbocycles. The monoisotopic (exact) mass is 265 g/mol. The molecule has 0 spiro atoms. The summed E-state index contributed by atoms with van der Waals surface area (Å²) in [4.78, 5) is 26.5. The lowest BCUT2D eigenvalue weighted by Gasteiger charge is -2.22. The van der Waals surface area contributed by atoms with E-state index in [9.17, 15) is 9.59 Å². The highest BCUT2D eigenvalue weighted by atomic mass is 32.1. The second kappa shape index (κ2) is 5.22. The summed E-state index contributed by atoms with van der Waals surface area (Å²) in [7, 11) is 0. The van der Waals surface area contributed by atoms with Crippen LogP contribution in [0.15, 0.2) is 17.5 Å². The van der Waals surface area contributed by atoms with Gasteiger partial charge in [0, 0.05) is 13.0 Å². The molecular formula is C14H19NO2S. The molecule has 0 N–H and O–H groups in total. The Kier molecular flexibility index (Phi) is 3.85. The van der Waals surface area contributed by atoms with Gasteiger partial charge in [0.2, 0.25) is 5.91 Å². The molecule has 0 radical (unpaired) electrons. The van der Waals surface area contributed by atoms with Crippen molar-refractivity contribution in [1.82, 2.24) is 4.90 Å². The largest absolute Gasteiger partial charge is 0.335 e. The normalized spacial score (nSPS) is 19.7. The molecule has 98 valence electrons. The number of amides is 1. The van der Waals surface area contributed by atoms with Gasteiger partial charge in [-0.15, -0.1) is 11.3 Å². The van der Waals surface area contributed by atoms with Gasteiger partial charge in [0.05, 0.1) is 11.4 Å². The summed E-state index contributed by atoms with van der Waals surface area (Å²) in [6.45, 7) is 5.30. The topological polar surface area (TPSA) is 37.4 Å². The van der Waals surface area contributed by atoms with E-state index in [0.717, 1.165) is 17.7 Å². The Labute approximate surface area is 112 Å². The van der Waals surface area contributed by atoms with Crippen molar-refractivity contribution >= 4 is 23.0 Å². The Hall–Kier alpha value is -1.16. The Balaban J connectivity index is 2.00. The van der Waals surface area contributed by atoms with Crippen LogP contribution in [0.3, 0.4) is 0 Å². The van der Waals surface area contributed by atoms with Crippen molar-refractivity contribution in [3.05, 3.63) is 22.4 Å². The van der Waals surface area contributed by atoms with Crippen LogP contribution in [0, 0.1) is 5.41 Å². The first-order valence-corrected chi connectivity index (χ1v) is 7.20. The van der Waals surface area contributed by atoms with Crippen molar-refractivity contribution in [3.8, 4) is 0 Å². The van der Waals surface area contributed by atoms with E-state index in [-0.39, 0.29) is 23.7 Å². The second-order valence-electron chi connectivity index (χ2n) is 5.63. The van der Waals surface area contributed by atoms with Crippen LogP contribution >= 0.6 is 11.3 Å². The van der Waals surface area contributed by atoms with Gasteiger partial charge in [-0.1, -0.05) is 19.9 Å². The number of Topliss-reactive ketones (excluding diaryl/α,β-unsaturated/α-hetero) is 1. The van der Waals surface area contributed by atoms with Gasteiger partial charge in [-0.3, -0.25) is 9.59 Å². The first-order valence-electron chi connectivity index (χ1n) is 6.32. The summed E-state index contributed by atoms with van der Waals surface area (Å²) >= 11 is 1.44. The second-order valence-corrected chi connectivity index (χ2v) is 6.58. The number of carbonyl (C=O) groups excluding carboxylic acids is 2. The smallest absolute Gasteiger partial charge is 0.222 e. The fourth-order valence-electron chi connectivity index (χ4n) is 2.15. The summed E-state index contributed by atoms with van der Waals surface area (Å²) in [5, 5.41) is 1.89. The molecule has 1 fully saturated rings. The Morgan fingerprint density at radius 1 is 1.44 bits per heavy atom. The molecule has 1 aromatic heterocycles. The first kappa shape index (κ1) is 13.3. The number of nitrogens with zero attached hydrogens (tertiary/aromatic N) is 1. The lowest BCUT2D eigenvalue weighted by molar-refractivity contribution is -0.130. The lowest BCUT2D eigenvalue weighted by Crippen LogP contribution is -2.35. The molecule has 2 heterocycles. The van der Waals surface area contributed by atoms with Gasteiger partial charge in [0.15, 0.2) is 5.78 Å². The van der Waals surface area contributed by atoms with Gasteiger partial charge in [-0.25, -0.2) is 0 Å². The van der Waals surface area contributed by atoms with Crippen LogP contribution in [0.1, 0.15) is 42.8 Å². The van der Waals surface area contributed by atoms with Crippen molar-refractivity contribution in [2.24, 2.45) is 5.41 Å². The predicted octanol–water partition coefficient (Wildman–Crippen LogP) is 2.97. The molecule has 1 aliphatic rings.